The van der Waals surface area contributed by atoms with Gasteiger partial charge in [-0.05, 0) is 29.1 Å². The average Bonchev–Trinajstić information content (AvgIpc) is 3.32. The van der Waals surface area contributed by atoms with Gasteiger partial charge in [-0.15, -0.1) is 23.1 Å². The molecule has 0 saturated carbocycles. The molecule has 1 aliphatic heterocycles. The first-order valence-electron chi connectivity index (χ1n) is 7.96. The van der Waals surface area contributed by atoms with Crippen LogP contribution >= 0.6 is 23.1 Å². The molecule has 1 fully saturated rings. The van der Waals surface area contributed by atoms with Crippen LogP contribution in [0, 0.1) is 5.82 Å². The largest absolute Gasteiger partial charge is 0.338 e. The average molecular weight is 390 g/mol. The highest BCUT2D eigenvalue weighted by Crippen LogP contribution is 2.26. The zero-order valence-corrected chi connectivity index (χ0v) is 15.1. The van der Waals surface area contributed by atoms with Crippen molar-refractivity contribution in [3.8, 4) is 10.7 Å². The lowest BCUT2D eigenvalue weighted by Gasteiger charge is -2.31. The molecule has 0 aliphatic carbocycles. The number of hydrogen-bond donors (Lipinski definition) is 2. The molecule has 0 spiro atoms. The molecule has 134 valence electrons. The summed E-state index contributed by atoms with van der Waals surface area (Å²) in [4.78, 5) is 17.3. The van der Waals surface area contributed by atoms with Crippen molar-refractivity contribution in [3.63, 3.8) is 0 Å². The molecule has 4 rings (SSSR count). The van der Waals surface area contributed by atoms with E-state index in [0.717, 1.165) is 10.4 Å². The summed E-state index contributed by atoms with van der Waals surface area (Å²) in [5, 5.41) is 12.2. The third kappa shape index (κ3) is 3.95. The second kappa shape index (κ2) is 7.56. The van der Waals surface area contributed by atoms with Crippen LogP contribution in [0.2, 0.25) is 0 Å². The Balaban J connectivity index is 1.38. The van der Waals surface area contributed by atoms with Crippen molar-refractivity contribution in [1.82, 2.24) is 20.8 Å². The molecule has 3 heterocycles. The Labute approximate surface area is 157 Å². The summed E-state index contributed by atoms with van der Waals surface area (Å²) in [5.74, 6) is 1.18. The second-order valence-electron chi connectivity index (χ2n) is 5.72. The summed E-state index contributed by atoms with van der Waals surface area (Å²) in [5.41, 5.74) is 0.591. The smallest absolute Gasteiger partial charge is 0.237 e. The zero-order valence-electron chi connectivity index (χ0n) is 13.5. The van der Waals surface area contributed by atoms with Crippen molar-refractivity contribution in [2.24, 2.45) is 0 Å². The molecular formula is C17H15FN4O2S2. The summed E-state index contributed by atoms with van der Waals surface area (Å²) in [7, 11) is 0. The number of carbonyl (C=O) groups excluding carboxylic acids is 1. The number of rotatable bonds is 5. The van der Waals surface area contributed by atoms with Crippen molar-refractivity contribution in [1.29, 1.82) is 0 Å². The number of carbonyl (C=O) groups is 1. The minimum absolute atomic E-state index is 0.0552. The van der Waals surface area contributed by atoms with Gasteiger partial charge >= 0.3 is 0 Å². The predicted octanol–water partition coefficient (Wildman–Crippen LogP) is 3.30. The maximum Gasteiger partial charge on any atom is 0.237 e. The van der Waals surface area contributed by atoms with Crippen LogP contribution < -0.4 is 10.6 Å². The van der Waals surface area contributed by atoms with Crippen LogP contribution in [0.25, 0.3) is 10.7 Å². The number of benzene rings is 1. The number of aromatic nitrogens is 2. The summed E-state index contributed by atoms with van der Waals surface area (Å²) in [6.45, 7) is 0. The predicted molar refractivity (Wildman–Crippen MR) is 97.7 cm³/mol. The van der Waals surface area contributed by atoms with E-state index >= 15 is 0 Å². The Kier molecular flexibility index (Phi) is 5.00. The van der Waals surface area contributed by atoms with Crippen LogP contribution in [0.1, 0.15) is 23.9 Å². The normalized spacial score (nSPS) is 20.1. The van der Waals surface area contributed by atoms with Gasteiger partial charge in [-0.3, -0.25) is 10.1 Å². The van der Waals surface area contributed by atoms with Gasteiger partial charge in [0.1, 0.15) is 11.3 Å². The number of amides is 1. The Hall–Kier alpha value is -2.23. The molecule has 2 atom stereocenters. The van der Waals surface area contributed by atoms with E-state index in [2.05, 4.69) is 20.8 Å². The molecule has 2 unspecified atom stereocenters. The lowest BCUT2D eigenvalue weighted by molar-refractivity contribution is -0.123. The molecule has 0 radical (unpaired) electrons. The highest BCUT2D eigenvalue weighted by Gasteiger charge is 2.27. The van der Waals surface area contributed by atoms with Crippen LogP contribution in [0.15, 0.2) is 46.3 Å². The van der Waals surface area contributed by atoms with E-state index in [-0.39, 0.29) is 23.3 Å². The second-order valence-corrected chi connectivity index (χ2v) is 7.76. The van der Waals surface area contributed by atoms with Crippen molar-refractivity contribution in [3.05, 3.63) is 59.0 Å². The number of halogens is 1. The first-order chi connectivity index (χ1) is 12.7. The maximum atomic E-state index is 13.1. The van der Waals surface area contributed by atoms with E-state index in [0.29, 0.717) is 23.9 Å². The van der Waals surface area contributed by atoms with Crippen molar-refractivity contribution < 1.29 is 13.7 Å². The van der Waals surface area contributed by atoms with Crippen LogP contribution in [-0.4, -0.2) is 21.5 Å². The molecule has 6 nitrogen and oxygen atoms in total. The van der Waals surface area contributed by atoms with E-state index in [9.17, 15) is 9.18 Å². The van der Waals surface area contributed by atoms with Crippen molar-refractivity contribution >= 4 is 29.0 Å². The van der Waals surface area contributed by atoms with E-state index in [1.54, 1.807) is 23.5 Å². The molecule has 1 aromatic carbocycles. The van der Waals surface area contributed by atoms with Crippen molar-refractivity contribution in [2.75, 3.05) is 0 Å². The minimum atomic E-state index is -0.294. The third-order valence-electron chi connectivity index (χ3n) is 3.89. The third-order valence-corrected chi connectivity index (χ3v) is 5.76. The molecule has 1 aliphatic rings. The summed E-state index contributed by atoms with van der Waals surface area (Å²) in [6.07, 6.45) is 0.311. The summed E-state index contributed by atoms with van der Waals surface area (Å²) < 4.78 is 18.4. The SMILES string of the molecule is O=C1CC(c2ccc(F)cc2)NC(SCc2nc(-c3cccs3)no2)N1. The molecule has 9 heteroatoms. The van der Waals surface area contributed by atoms with Gasteiger partial charge in [-0.25, -0.2) is 4.39 Å². The summed E-state index contributed by atoms with van der Waals surface area (Å²) in [6, 6.07) is 9.89. The fraction of sp³-hybridized carbons (Fsp3) is 0.235. The molecule has 1 amide bonds. The number of nitrogens with one attached hydrogen (secondary N) is 2. The molecule has 1 saturated heterocycles. The quantitative estimate of drug-likeness (QED) is 0.696. The number of thiophene rings is 1. The fourth-order valence-electron chi connectivity index (χ4n) is 2.65. The van der Waals surface area contributed by atoms with Crippen LogP contribution in [0.4, 0.5) is 4.39 Å². The number of nitrogens with zero attached hydrogens (tertiary/aromatic N) is 2. The minimum Gasteiger partial charge on any atom is -0.338 e. The van der Waals surface area contributed by atoms with Gasteiger partial charge in [-0.1, -0.05) is 23.4 Å². The Bertz CT molecular complexity index is 883. The Morgan fingerprint density at radius 1 is 1.31 bits per heavy atom. The first-order valence-corrected chi connectivity index (χ1v) is 9.89. The molecule has 26 heavy (non-hydrogen) atoms. The van der Waals surface area contributed by atoms with Crippen LogP contribution in [0.3, 0.4) is 0 Å². The fourth-order valence-corrected chi connectivity index (χ4v) is 4.20. The Morgan fingerprint density at radius 2 is 2.15 bits per heavy atom. The lowest BCUT2D eigenvalue weighted by atomic mass is 10.0. The number of thioether (sulfide) groups is 1. The van der Waals surface area contributed by atoms with Gasteiger partial charge in [0.05, 0.1) is 10.6 Å². The number of hydrogen-bond acceptors (Lipinski definition) is 7. The first kappa shape index (κ1) is 17.2. The maximum absolute atomic E-state index is 13.1. The molecule has 0 bridgehead atoms. The molecular weight excluding hydrogens is 375 g/mol. The Morgan fingerprint density at radius 3 is 2.92 bits per heavy atom. The van der Waals surface area contributed by atoms with Crippen molar-refractivity contribution in [2.45, 2.75) is 23.7 Å². The van der Waals surface area contributed by atoms with Crippen LogP contribution in [0.5, 0.6) is 0 Å². The molecule has 3 aromatic rings. The van der Waals surface area contributed by atoms with E-state index < -0.39 is 0 Å². The van der Waals surface area contributed by atoms with Gasteiger partial charge in [0.25, 0.3) is 0 Å². The van der Waals surface area contributed by atoms with Gasteiger partial charge in [0.15, 0.2) is 0 Å². The standard InChI is InChI=1S/C17H15FN4O2S2/c18-11-5-3-10(4-6-11)12-8-14(23)20-17(19-12)26-9-15-21-16(22-24-15)13-2-1-7-25-13/h1-7,12,17,19H,8-9H2,(H,20,23). The lowest BCUT2D eigenvalue weighted by Crippen LogP contribution is -2.50. The van der Waals surface area contributed by atoms with Gasteiger partial charge in [0.2, 0.25) is 17.6 Å². The highest BCUT2D eigenvalue weighted by molar-refractivity contribution is 7.99. The summed E-state index contributed by atoms with van der Waals surface area (Å²) >= 11 is 3.00. The van der Waals surface area contributed by atoms with Crippen LogP contribution in [-0.2, 0) is 10.5 Å². The topological polar surface area (TPSA) is 80.1 Å². The monoisotopic (exact) mass is 390 g/mol. The molecule has 2 aromatic heterocycles. The zero-order chi connectivity index (χ0) is 17.9. The van der Waals surface area contributed by atoms with E-state index in [1.807, 2.05) is 17.5 Å². The molecule has 2 N–H and O–H groups in total. The van der Waals surface area contributed by atoms with Gasteiger partial charge in [-0.2, -0.15) is 4.98 Å². The highest BCUT2D eigenvalue weighted by atomic mass is 32.2. The van der Waals surface area contributed by atoms with E-state index in [4.69, 9.17) is 4.52 Å². The van der Waals surface area contributed by atoms with Gasteiger partial charge < -0.3 is 9.84 Å². The van der Waals surface area contributed by atoms with E-state index in [1.165, 1.54) is 23.9 Å². The van der Waals surface area contributed by atoms with Gasteiger partial charge in [0, 0.05) is 12.5 Å².